The SMILES string of the molecule is CNc1ccccc1C(=O)Nc1nnc(C2CC2)o1. The molecule has 0 saturated heterocycles. The molecule has 1 saturated carbocycles. The summed E-state index contributed by atoms with van der Waals surface area (Å²) in [4.78, 5) is 12.1. The van der Waals surface area contributed by atoms with Crippen molar-refractivity contribution in [1.82, 2.24) is 10.2 Å². The van der Waals surface area contributed by atoms with Crippen LogP contribution in [0.25, 0.3) is 0 Å². The van der Waals surface area contributed by atoms with Crippen molar-refractivity contribution in [2.24, 2.45) is 0 Å². The number of nitrogens with zero attached hydrogens (tertiary/aromatic N) is 2. The number of anilines is 2. The number of rotatable bonds is 4. The molecule has 2 aromatic rings. The zero-order valence-corrected chi connectivity index (χ0v) is 10.5. The average Bonchev–Trinajstić information content (AvgIpc) is 3.19. The quantitative estimate of drug-likeness (QED) is 0.879. The average molecular weight is 258 g/mol. The van der Waals surface area contributed by atoms with Gasteiger partial charge in [0.2, 0.25) is 5.89 Å². The summed E-state index contributed by atoms with van der Waals surface area (Å²) in [5.74, 6) is 0.718. The zero-order valence-electron chi connectivity index (χ0n) is 10.5. The molecule has 1 aliphatic carbocycles. The minimum Gasteiger partial charge on any atom is -0.408 e. The highest BCUT2D eigenvalue weighted by Crippen LogP contribution is 2.39. The molecule has 1 amide bonds. The van der Waals surface area contributed by atoms with E-state index in [1.165, 1.54) is 0 Å². The number of nitrogens with one attached hydrogen (secondary N) is 2. The lowest BCUT2D eigenvalue weighted by atomic mass is 10.1. The van der Waals surface area contributed by atoms with Crippen LogP contribution in [0.2, 0.25) is 0 Å². The third-order valence-corrected chi connectivity index (χ3v) is 3.03. The number of aromatic nitrogens is 2. The second-order valence-corrected chi connectivity index (χ2v) is 4.47. The van der Waals surface area contributed by atoms with Crippen molar-refractivity contribution in [2.75, 3.05) is 17.7 Å². The van der Waals surface area contributed by atoms with Crippen LogP contribution in [0.1, 0.15) is 35.0 Å². The fraction of sp³-hybridized carbons (Fsp3) is 0.308. The van der Waals surface area contributed by atoms with E-state index in [2.05, 4.69) is 20.8 Å². The molecule has 1 aliphatic rings. The second kappa shape index (κ2) is 4.72. The number of hydrogen-bond acceptors (Lipinski definition) is 5. The Hall–Kier alpha value is -2.37. The van der Waals surface area contributed by atoms with E-state index in [0.29, 0.717) is 17.4 Å². The van der Waals surface area contributed by atoms with Gasteiger partial charge in [0.05, 0.1) is 5.56 Å². The third kappa shape index (κ3) is 2.42. The van der Waals surface area contributed by atoms with Gasteiger partial charge in [0.15, 0.2) is 0 Å². The van der Waals surface area contributed by atoms with Gasteiger partial charge in [-0.2, -0.15) is 0 Å². The van der Waals surface area contributed by atoms with Crippen molar-refractivity contribution in [2.45, 2.75) is 18.8 Å². The standard InChI is InChI=1S/C13H14N4O2/c1-14-10-5-3-2-4-9(10)11(18)15-13-17-16-12(19-13)8-6-7-8/h2-5,8,14H,6-7H2,1H3,(H,15,17,18). The van der Waals surface area contributed by atoms with Gasteiger partial charge in [-0.1, -0.05) is 17.2 Å². The van der Waals surface area contributed by atoms with Gasteiger partial charge in [-0.25, -0.2) is 0 Å². The maximum Gasteiger partial charge on any atom is 0.322 e. The van der Waals surface area contributed by atoms with Crippen LogP contribution in [-0.4, -0.2) is 23.2 Å². The first-order valence-electron chi connectivity index (χ1n) is 6.19. The van der Waals surface area contributed by atoms with Crippen molar-refractivity contribution in [3.05, 3.63) is 35.7 Å². The Morgan fingerprint density at radius 3 is 2.84 bits per heavy atom. The molecular formula is C13H14N4O2. The zero-order chi connectivity index (χ0) is 13.2. The van der Waals surface area contributed by atoms with Gasteiger partial charge >= 0.3 is 6.01 Å². The molecule has 3 rings (SSSR count). The molecule has 1 aromatic heterocycles. The fourth-order valence-electron chi connectivity index (χ4n) is 1.84. The number of carbonyl (C=O) groups excluding carboxylic acids is 1. The first kappa shape index (κ1) is 11.7. The molecule has 0 spiro atoms. The van der Waals surface area contributed by atoms with Crippen molar-refractivity contribution in [3.63, 3.8) is 0 Å². The van der Waals surface area contributed by atoms with E-state index < -0.39 is 0 Å². The van der Waals surface area contributed by atoms with Gasteiger partial charge in [-0.15, -0.1) is 5.10 Å². The summed E-state index contributed by atoms with van der Waals surface area (Å²) in [6.45, 7) is 0. The van der Waals surface area contributed by atoms with Gasteiger partial charge in [-0.05, 0) is 25.0 Å². The topological polar surface area (TPSA) is 80.0 Å². The van der Waals surface area contributed by atoms with E-state index in [4.69, 9.17) is 4.42 Å². The minimum atomic E-state index is -0.268. The Labute approximate surface area is 110 Å². The smallest absolute Gasteiger partial charge is 0.322 e. The molecule has 6 heteroatoms. The summed E-state index contributed by atoms with van der Waals surface area (Å²) < 4.78 is 5.40. The highest BCUT2D eigenvalue weighted by atomic mass is 16.4. The summed E-state index contributed by atoms with van der Waals surface area (Å²) in [6, 6.07) is 7.38. The van der Waals surface area contributed by atoms with Crippen LogP contribution >= 0.6 is 0 Å². The summed E-state index contributed by atoms with van der Waals surface area (Å²) in [7, 11) is 1.77. The number of para-hydroxylation sites is 1. The molecule has 19 heavy (non-hydrogen) atoms. The molecule has 1 heterocycles. The fourth-order valence-corrected chi connectivity index (χ4v) is 1.84. The summed E-state index contributed by atoms with van der Waals surface area (Å²) in [5, 5.41) is 13.3. The number of hydrogen-bond donors (Lipinski definition) is 2. The Morgan fingerprint density at radius 2 is 2.11 bits per heavy atom. The predicted octanol–water partition coefficient (Wildman–Crippen LogP) is 2.24. The first-order valence-corrected chi connectivity index (χ1v) is 6.19. The Kier molecular flexibility index (Phi) is 2.91. The molecule has 6 nitrogen and oxygen atoms in total. The van der Waals surface area contributed by atoms with Crippen LogP contribution < -0.4 is 10.6 Å². The number of amides is 1. The number of carbonyl (C=O) groups is 1. The summed E-state index contributed by atoms with van der Waals surface area (Å²) in [6.07, 6.45) is 2.16. The molecule has 1 fully saturated rings. The highest BCUT2D eigenvalue weighted by molar-refractivity contribution is 6.07. The maximum absolute atomic E-state index is 12.1. The van der Waals surface area contributed by atoms with Crippen molar-refractivity contribution >= 4 is 17.6 Å². The van der Waals surface area contributed by atoms with E-state index >= 15 is 0 Å². The molecule has 0 aliphatic heterocycles. The van der Waals surface area contributed by atoms with Crippen LogP contribution in [0.15, 0.2) is 28.7 Å². The van der Waals surface area contributed by atoms with Gasteiger partial charge in [0.1, 0.15) is 0 Å². The lowest BCUT2D eigenvalue weighted by Crippen LogP contribution is -2.14. The molecule has 0 atom stereocenters. The molecule has 98 valence electrons. The molecule has 2 N–H and O–H groups in total. The molecule has 0 radical (unpaired) electrons. The summed E-state index contributed by atoms with van der Waals surface area (Å²) in [5.41, 5.74) is 1.29. The van der Waals surface area contributed by atoms with Gasteiger partial charge < -0.3 is 9.73 Å². The Morgan fingerprint density at radius 1 is 1.32 bits per heavy atom. The van der Waals surface area contributed by atoms with Gasteiger partial charge in [-0.3, -0.25) is 10.1 Å². The predicted molar refractivity (Wildman–Crippen MR) is 70.2 cm³/mol. The highest BCUT2D eigenvalue weighted by Gasteiger charge is 2.29. The molecule has 0 unspecified atom stereocenters. The maximum atomic E-state index is 12.1. The summed E-state index contributed by atoms with van der Waals surface area (Å²) >= 11 is 0. The molecular weight excluding hydrogens is 244 g/mol. The van der Waals surface area contributed by atoms with Crippen LogP contribution in [0, 0.1) is 0 Å². The first-order chi connectivity index (χ1) is 9.28. The Balaban J connectivity index is 1.76. The normalized spacial score (nSPS) is 14.2. The van der Waals surface area contributed by atoms with Crippen LogP contribution in [0.3, 0.4) is 0 Å². The van der Waals surface area contributed by atoms with E-state index in [-0.39, 0.29) is 11.9 Å². The minimum absolute atomic E-state index is 0.151. The van der Waals surface area contributed by atoms with E-state index in [1.807, 2.05) is 12.1 Å². The Bertz CT molecular complexity index is 604. The largest absolute Gasteiger partial charge is 0.408 e. The lowest BCUT2D eigenvalue weighted by molar-refractivity contribution is 0.102. The lowest BCUT2D eigenvalue weighted by Gasteiger charge is -2.06. The third-order valence-electron chi connectivity index (χ3n) is 3.03. The van der Waals surface area contributed by atoms with E-state index in [9.17, 15) is 4.79 Å². The van der Waals surface area contributed by atoms with E-state index in [1.54, 1.807) is 19.2 Å². The molecule has 0 bridgehead atoms. The number of benzene rings is 1. The van der Waals surface area contributed by atoms with Crippen molar-refractivity contribution in [3.8, 4) is 0 Å². The van der Waals surface area contributed by atoms with Gasteiger partial charge in [0, 0.05) is 18.7 Å². The van der Waals surface area contributed by atoms with Crippen LogP contribution in [-0.2, 0) is 0 Å². The van der Waals surface area contributed by atoms with Gasteiger partial charge in [0.25, 0.3) is 5.91 Å². The molecule has 1 aromatic carbocycles. The van der Waals surface area contributed by atoms with Crippen LogP contribution in [0.5, 0.6) is 0 Å². The van der Waals surface area contributed by atoms with Crippen molar-refractivity contribution < 1.29 is 9.21 Å². The van der Waals surface area contributed by atoms with Crippen LogP contribution in [0.4, 0.5) is 11.7 Å². The van der Waals surface area contributed by atoms with Crippen molar-refractivity contribution in [1.29, 1.82) is 0 Å². The monoisotopic (exact) mass is 258 g/mol. The van der Waals surface area contributed by atoms with E-state index in [0.717, 1.165) is 18.5 Å². The second-order valence-electron chi connectivity index (χ2n) is 4.47.